The second kappa shape index (κ2) is 11.7. The maximum Gasteiger partial charge on any atom is 0.167 e. The maximum atomic E-state index is 10.6. The van der Waals surface area contributed by atoms with Gasteiger partial charge >= 0.3 is 0 Å². The number of benzene rings is 3. The molecule has 3 aromatic carbocycles. The summed E-state index contributed by atoms with van der Waals surface area (Å²) in [5.74, 6) is 1.53. The Morgan fingerprint density at radius 1 is 0.897 bits per heavy atom. The smallest absolute Gasteiger partial charge is 0.167 e. The second-order valence-corrected chi connectivity index (χ2v) is 11.3. The van der Waals surface area contributed by atoms with Gasteiger partial charge in [-0.3, -0.25) is 9.80 Å². The average molecular weight is 541 g/mol. The van der Waals surface area contributed by atoms with Gasteiger partial charge < -0.3 is 14.4 Å². The van der Waals surface area contributed by atoms with Crippen molar-refractivity contribution < 1.29 is 14.4 Å². The molecule has 1 unspecified atom stereocenters. The van der Waals surface area contributed by atoms with Crippen LogP contribution in [-0.2, 0) is 6.54 Å². The van der Waals surface area contributed by atoms with Gasteiger partial charge in [-0.1, -0.05) is 59.8 Å². The summed E-state index contributed by atoms with van der Waals surface area (Å²) in [6.07, 6.45) is -0.546. The van der Waals surface area contributed by atoms with Gasteiger partial charge in [-0.2, -0.15) is 0 Å². The van der Waals surface area contributed by atoms with Gasteiger partial charge in [0.2, 0.25) is 0 Å². The number of thiazole rings is 1. The Balaban J connectivity index is 0.951. The largest absolute Gasteiger partial charge is 0.491 e. The number of aliphatic hydroxyl groups is 1. The number of aromatic nitrogens is 2. The Bertz CT molecular complexity index is 1510. The van der Waals surface area contributed by atoms with Crippen molar-refractivity contribution in [2.24, 2.45) is 0 Å². The van der Waals surface area contributed by atoms with E-state index in [9.17, 15) is 5.11 Å². The number of hydrogen-bond acceptors (Lipinski definition) is 8. The lowest BCUT2D eigenvalue weighted by Crippen LogP contribution is -2.48. The van der Waals surface area contributed by atoms with Crippen LogP contribution in [0.25, 0.3) is 32.7 Å². The number of piperazine rings is 1. The lowest BCUT2D eigenvalue weighted by Gasteiger charge is -2.35. The van der Waals surface area contributed by atoms with Crippen molar-refractivity contribution in [2.75, 3.05) is 39.3 Å². The van der Waals surface area contributed by atoms with E-state index in [1.54, 1.807) is 11.3 Å². The molecular weight excluding hydrogens is 508 g/mol. The normalized spacial score (nSPS) is 15.5. The fourth-order valence-corrected chi connectivity index (χ4v) is 5.80. The van der Waals surface area contributed by atoms with Gasteiger partial charge in [-0.25, -0.2) is 4.98 Å². The Labute approximate surface area is 232 Å². The standard InChI is InChI=1S/C31H32N4O3S/c1-22-32-29-18-28(11-12-31(29)39-22)37-21-27(36)20-35-15-13-34(14-16-35)19-26-17-30(38-33-26)25-9-7-24(8-10-25)23-5-3-2-4-6-23/h2-12,17-18,27,36H,13-16,19-21H2,1H3. The van der Waals surface area contributed by atoms with Crippen molar-refractivity contribution in [1.82, 2.24) is 19.9 Å². The summed E-state index contributed by atoms with van der Waals surface area (Å²) < 4.78 is 12.7. The highest BCUT2D eigenvalue weighted by molar-refractivity contribution is 7.18. The van der Waals surface area contributed by atoms with Crippen LogP contribution in [0.1, 0.15) is 10.7 Å². The van der Waals surface area contributed by atoms with E-state index in [4.69, 9.17) is 9.26 Å². The summed E-state index contributed by atoms with van der Waals surface area (Å²) in [7, 11) is 0. The summed E-state index contributed by atoms with van der Waals surface area (Å²) in [6.45, 7) is 7.25. The van der Waals surface area contributed by atoms with Crippen molar-refractivity contribution in [2.45, 2.75) is 19.6 Å². The van der Waals surface area contributed by atoms with Crippen LogP contribution in [0.4, 0.5) is 0 Å². The molecule has 7 nitrogen and oxygen atoms in total. The number of aliphatic hydroxyl groups excluding tert-OH is 1. The molecular formula is C31H32N4O3S. The van der Waals surface area contributed by atoms with E-state index in [1.165, 1.54) is 11.1 Å². The van der Waals surface area contributed by atoms with Gasteiger partial charge in [0.25, 0.3) is 0 Å². The third-order valence-corrected chi connectivity index (χ3v) is 8.02. The summed E-state index contributed by atoms with van der Waals surface area (Å²) in [4.78, 5) is 9.19. The quantitative estimate of drug-likeness (QED) is 0.265. The summed E-state index contributed by atoms with van der Waals surface area (Å²) >= 11 is 1.67. The van der Waals surface area contributed by atoms with Crippen LogP contribution >= 0.6 is 11.3 Å². The highest BCUT2D eigenvalue weighted by Crippen LogP contribution is 2.27. The van der Waals surface area contributed by atoms with E-state index in [-0.39, 0.29) is 6.61 Å². The minimum atomic E-state index is -0.546. The molecule has 8 heteroatoms. The predicted molar refractivity (Wildman–Crippen MR) is 155 cm³/mol. The molecule has 3 heterocycles. The monoisotopic (exact) mass is 540 g/mol. The van der Waals surface area contributed by atoms with E-state index >= 15 is 0 Å². The molecule has 200 valence electrons. The third-order valence-electron chi connectivity index (χ3n) is 7.06. The molecule has 2 aromatic heterocycles. The molecule has 0 radical (unpaired) electrons. The molecule has 1 N–H and O–H groups in total. The zero-order chi connectivity index (χ0) is 26.6. The number of β-amino-alcohol motifs (C(OH)–C–C–N with tert-alkyl or cyclic N) is 1. The molecule has 5 aromatic rings. The minimum absolute atomic E-state index is 0.267. The highest BCUT2D eigenvalue weighted by Gasteiger charge is 2.21. The Morgan fingerprint density at radius 2 is 1.62 bits per heavy atom. The number of nitrogens with zero attached hydrogens (tertiary/aromatic N) is 4. The van der Waals surface area contributed by atoms with Crippen molar-refractivity contribution >= 4 is 21.6 Å². The molecule has 1 saturated heterocycles. The molecule has 0 spiro atoms. The highest BCUT2D eigenvalue weighted by atomic mass is 32.1. The Kier molecular flexibility index (Phi) is 7.69. The van der Waals surface area contributed by atoms with Crippen LogP contribution in [-0.4, -0.2) is 70.5 Å². The van der Waals surface area contributed by atoms with Gasteiger partial charge in [-0.15, -0.1) is 11.3 Å². The van der Waals surface area contributed by atoms with Crippen molar-refractivity contribution in [3.05, 3.63) is 89.6 Å². The first kappa shape index (κ1) is 25.7. The molecule has 0 saturated carbocycles. The van der Waals surface area contributed by atoms with Crippen LogP contribution < -0.4 is 4.74 Å². The topological polar surface area (TPSA) is 74.9 Å². The molecule has 0 aliphatic carbocycles. The van der Waals surface area contributed by atoms with E-state index in [2.05, 4.69) is 68.5 Å². The molecule has 6 rings (SSSR count). The van der Waals surface area contributed by atoms with Gasteiger partial charge in [0.15, 0.2) is 5.76 Å². The summed E-state index contributed by atoms with van der Waals surface area (Å²) in [5, 5.41) is 15.9. The van der Waals surface area contributed by atoms with E-state index in [0.29, 0.717) is 6.54 Å². The minimum Gasteiger partial charge on any atom is -0.491 e. The molecule has 1 atom stereocenters. The van der Waals surface area contributed by atoms with Crippen molar-refractivity contribution in [3.63, 3.8) is 0 Å². The number of aryl methyl sites for hydroxylation is 1. The first-order valence-electron chi connectivity index (χ1n) is 13.3. The molecule has 0 bridgehead atoms. The van der Waals surface area contributed by atoms with E-state index in [1.807, 2.05) is 37.3 Å². The molecule has 39 heavy (non-hydrogen) atoms. The Morgan fingerprint density at radius 3 is 2.41 bits per heavy atom. The van der Waals surface area contributed by atoms with Gasteiger partial charge in [-0.05, 0) is 30.2 Å². The van der Waals surface area contributed by atoms with Crippen LogP contribution in [0.2, 0.25) is 0 Å². The number of rotatable bonds is 9. The van der Waals surface area contributed by atoms with Crippen molar-refractivity contribution in [1.29, 1.82) is 0 Å². The zero-order valence-corrected chi connectivity index (χ0v) is 22.8. The first-order chi connectivity index (χ1) is 19.1. The zero-order valence-electron chi connectivity index (χ0n) is 22.0. The fourth-order valence-electron chi connectivity index (χ4n) is 4.99. The molecule has 0 amide bonds. The average Bonchev–Trinajstić information content (AvgIpc) is 3.59. The fraction of sp³-hybridized carbons (Fsp3) is 0.290. The summed E-state index contributed by atoms with van der Waals surface area (Å²) in [6, 6.07) is 26.7. The van der Waals surface area contributed by atoms with Gasteiger partial charge in [0.05, 0.1) is 20.9 Å². The Hall–Kier alpha value is -3.56. The lowest BCUT2D eigenvalue weighted by molar-refractivity contribution is 0.0442. The van der Waals surface area contributed by atoms with E-state index in [0.717, 1.165) is 70.7 Å². The lowest BCUT2D eigenvalue weighted by atomic mass is 10.0. The molecule has 1 aliphatic heterocycles. The number of hydrogen-bond donors (Lipinski definition) is 1. The molecule has 1 fully saturated rings. The van der Waals surface area contributed by atoms with Crippen LogP contribution in [0, 0.1) is 6.92 Å². The number of ether oxygens (including phenoxy) is 1. The van der Waals surface area contributed by atoms with Crippen LogP contribution in [0.3, 0.4) is 0 Å². The van der Waals surface area contributed by atoms with Crippen molar-refractivity contribution in [3.8, 4) is 28.2 Å². The predicted octanol–water partition coefficient (Wildman–Crippen LogP) is 5.48. The van der Waals surface area contributed by atoms with E-state index < -0.39 is 6.10 Å². The summed E-state index contributed by atoms with van der Waals surface area (Å²) in [5.41, 5.74) is 5.29. The van der Waals surface area contributed by atoms with Crippen LogP contribution in [0.15, 0.2) is 83.4 Å². The molecule has 1 aliphatic rings. The van der Waals surface area contributed by atoms with Crippen LogP contribution in [0.5, 0.6) is 5.75 Å². The third kappa shape index (κ3) is 6.37. The number of fused-ring (bicyclic) bond motifs is 1. The van der Waals surface area contributed by atoms with Gasteiger partial charge in [0, 0.05) is 57.0 Å². The first-order valence-corrected chi connectivity index (χ1v) is 14.1. The SMILES string of the molecule is Cc1nc2cc(OCC(O)CN3CCN(Cc4cc(-c5ccc(-c6ccccc6)cc5)on4)CC3)ccc2s1. The second-order valence-electron chi connectivity index (χ2n) is 10.0. The maximum absolute atomic E-state index is 10.6. The van der Waals surface area contributed by atoms with Gasteiger partial charge in [0.1, 0.15) is 18.5 Å².